The maximum absolute atomic E-state index is 12.5. The Hall–Kier alpha value is -0.950. The van der Waals surface area contributed by atoms with E-state index in [0.29, 0.717) is 12.3 Å². The van der Waals surface area contributed by atoms with Crippen molar-refractivity contribution < 1.29 is 32.5 Å². The molecule has 1 amide bonds. The standard InChI is InChI=1S/C15H28NO7P/c1-11(2)7-9-21-24(19)22-10-15(3,4)13(23-24)14(18)16-8-6-12(17)20-5/h11,13H,6-10H2,1-5H3,(H,16,18)/t13-,24?/m0/s1. The van der Waals surface area contributed by atoms with Gasteiger partial charge in [0.25, 0.3) is 0 Å². The first kappa shape index (κ1) is 21.1. The van der Waals surface area contributed by atoms with E-state index in [4.69, 9.17) is 13.6 Å². The largest absolute Gasteiger partial charge is 0.475 e. The average molecular weight is 365 g/mol. The SMILES string of the molecule is COC(=O)CCNC(=O)[C@@H]1OP(=O)(OCCC(C)C)OCC1(C)C. The van der Waals surface area contributed by atoms with Gasteiger partial charge in [0, 0.05) is 12.0 Å². The van der Waals surface area contributed by atoms with E-state index in [2.05, 4.69) is 10.1 Å². The van der Waals surface area contributed by atoms with E-state index in [9.17, 15) is 14.2 Å². The average Bonchev–Trinajstić information content (AvgIpc) is 2.49. The number of carbonyl (C=O) groups excluding carboxylic acids is 2. The second kappa shape index (κ2) is 8.94. The minimum Gasteiger partial charge on any atom is -0.469 e. The Balaban J connectivity index is 2.63. The van der Waals surface area contributed by atoms with Crippen LogP contribution in [-0.2, 0) is 32.5 Å². The van der Waals surface area contributed by atoms with Crippen molar-refractivity contribution in [1.29, 1.82) is 0 Å². The molecule has 0 spiro atoms. The fourth-order valence-electron chi connectivity index (χ4n) is 1.98. The van der Waals surface area contributed by atoms with Crippen molar-refractivity contribution in [3.8, 4) is 0 Å². The molecule has 0 saturated carbocycles. The van der Waals surface area contributed by atoms with Gasteiger partial charge in [0.2, 0.25) is 5.91 Å². The number of hydrogen-bond donors (Lipinski definition) is 1. The highest BCUT2D eigenvalue weighted by Gasteiger charge is 2.48. The van der Waals surface area contributed by atoms with E-state index in [0.717, 1.165) is 0 Å². The number of esters is 1. The molecule has 0 aliphatic carbocycles. The van der Waals surface area contributed by atoms with Gasteiger partial charge in [0.05, 0.1) is 26.7 Å². The lowest BCUT2D eigenvalue weighted by Gasteiger charge is -2.39. The number of ether oxygens (including phenoxy) is 1. The first-order valence-electron chi connectivity index (χ1n) is 8.01. The molecule has 1 N–H and O–H groups in total. The summed E-state index contributed by atoms with van der Waals surface area (Å²) in [5.41, 5.74) is -0.676. The van der Waals surface area contributed by atoms with E-state index >= 15 is 0 Å². The fraction of sp³-hybridized carbons (Fsp3) is 0.867. The molecule has 1 fully saturated rings. The minimum atomic E-state index is -3.77. The Kier molecular flexibility index (Phi) is 7.86. The first-order chi connectivity index (χ1) is 11.1. The Labute approximate surface area is 143 Å². The number of rotatable bonds is 8. The maximum atomic E-state index is 12.5. The zero-order chi connectivity index (χ0) is 18.4. The van der Waals surface area contributed by atoms with Crippen molar-refractivity contribution in [1.82, 2.24) is 5.32 Å². The van der Waals surface area contributed by atoms with Gasteiger partial charge in [-0.2, -0.15) is 0 Å². The van der Waals surface area contributed by atoms with Crippen LogP contribution in [0.25, 0.3) is 0 Å². The summed E-state index contributed by atoms with van der Waals surface area (Å²) in [4.78, 5) is 23.4. The predicted molar refractivity (Wildman–Crippen MR) is 87.3 cm³/mol. The monoisotopic (exact) mass is 365 g/mol. The van der Waals surface area contributed by atoms with Crippen molar-refractivity contribution in [2.45, 2.75) is 46.6 Å². The molecule has 24 heavy (non-hydrogen) atoms. The van der Waals surface area contributed by atoms with Crippen LogP contribution >= 0.6 is 7.82 Å². The maximum Gasteiger partial charge on any atom is 0.475 e. The topological polar surface area (TPSA) is 100 Å². The van der Waals surface area contributed by atoms with Crippen LogP contribution in [0.5, 0.6) is 0 Å². The summed E-state index contributed by atoms with van der Waals surface area (Å²) in [6.45, 7) is 7.99. The number of carbonyl (C=O) groups is 2. The zero-order valence-electron chi connectivity index (χ0n) is 15.0. The number of hydrogen-bond acceptors (Lipinski definition) is 7. The van der Waals surface area contributed by atoms with Crippen molar-refractivity contribution in [3.05, 3.63) is 0 Å². The molecule has 0 aromatic carbocycles. The molecule has 1 saturated heterocycles. The molecule has 1 unspecified atom stereocenters. The third kappa shape index (κ3) is 6.51. The van der Waals surface area contributed by atoms with E-state index in [-0.39, 0.29) is 26.2 Å². The van der Waals surface area contributed by atoms with Crippen LogP contribution in [0.1, 0.15) is 40.5 Å². The summed E-state index contributed by atoms with van der Waals surface area (Å²) in [5, 5.41) is 2.59. The number of amides is 1. The fourth-order valence-corrected chi connectivity index (χ4v) is 3.63. The van der Waals surface area contributed by atoms with E-state index < -0.39 is 31.2 Å². The Morgan fingerprint density at radius 1 is 1.38 bits per heavy atom. The molecule has 1 rings (SSSR count). The summed E-state index contributed by atoms with van der Waals surface area (Å²) in [6.07, 6.45) is -0.237. The van der Waals surface area contributed by atoms with Gasteiger partial charge >= 0.3 is 13.8 Å². The predicted octanol–water partition coefficient (Wildman–Crippen LogP) is 2.28. The summed E-state index contributed by atoms with van der Waals surface area (Å²) in [6, 6.07) is 0. The normalized spacial score (nSPS) is 26.2. The van der Waals surface area contributed by atoms with Crippen LogP contribution in [0.4, 0.5) is 0 Å². The summed E-state index contributed by atoms with van der Waals surface area (Å²) in [5.74, 6) is -0.500. The molecule has 0 bridgehead atoms. The first-order valence-corrected chi connectivity index (χ1v) is 9.48. The minimum absolute atomic E-state index is 0.0500. The molecule has 140 valence electrons. The molecule has 1 heterocycles. The molecule has 2 atom stereocenters. The van der Waals surface area contributed by atoms with Crippen LogP contribution < -0.4 is 5.32 Å². The van der Waals surface area contributed by atoms with Crippen molar-refractivity contribution >= 4 is 19.7 Å². The lowest BCUT2D eigenvalue weighted by Crippen LogP contribution is -2.50. The summed E-state index contributed by atoms with van der Waals surface area (Å²) < 4.78 is 33.0. The molecule has 8 nitrogen and oxygen atoms in total. The Morgan fingerprint density at radius 2 is 2.04 bits per heavy atom. The molecule has 0 radical (unpaired) electrons. The molecule has 0 aromatic rings. The van der Waals surface area contributed by atoms with Gasteiger partial charge in [-0.15, -0.1) is 0 Å². The van der Waals surface area contributed by atoms with Crippen LogP contribution in [0.15, 0.2) is 0 Å². The second-order valence-electron chi connectivity index (χ2n) is 6.83. The lowest BCUT2D eigenvalue weighted by atomic mass is 9.87. The van der Waals surface area contributed by atoms with Gasteiger partial charge in [0.15, 0.2) is 6.10 Å². The molecule has 9 heteroatoms. The number of phosphoric ester groups is 1. The highest BCUT2D eigenvalue weighted by atomic mass is 31.2. The number of methoxy groups -OCH3 is 1. The zero-order valence-corrected chi connectivity index (χ0v) is 15.9. The van der Waals surface area contributed by atoms with Crippen LogP contribution in [0.3, 0.4) is 0 Å². The van der Waals surface area contributed by atoms with Gasteiger partial charge in [0.1, 0.15) is 0 Å². The quantitative estimate of drug-likeness (QED) is 0.520. The summed E-state index contributed by atoms with van der Waals surface area (Å²) >= 11 is 0. The van der Waals surface area contributed by atoms with Crippen LogP contribution in [-0.4, -0.2) is 44.8 Å². The third-order valence-electron chi connectivity index (χ3n) is 3.58. The molecular weight excluding hydrogens is 337 g/mol. The summed E-state index contributed by atoms with van der Waals surface area (Å²) in [7, 11) is -2.49. The van der Waals surface area contributed by atoms with Gasteiger partial charge in [-0.1, -0.05) is 27.7 Å². The number of nitrogens with one attached hydrogen (secondary N) is 1. The number of phosphoric acid groups is 1. The van der Waals surface area contributed by atoms with Crippen LogP contribution in [0, 0.1) is 11.3 Å². The van der Waals surface area contributed by atoms with E-state index in [1.165, 1.54) is 7.11 Å². The van der Waals surface area contributed by atoms with Crippen molar-refractivity contribution in [2.75, 3.05) is 26.9 Å². The van der Waals surface area contributed by atoms with Crippen molar-refractivity contribution in [2.24, 2.45) is 11.3 Å². The lowest BCUT2D eigenvalue weighted by molar-refractivity contribution is -0.143. The van der Waals surface area contributed by atoms with Crippen LogP contribution in [0.2, 0.25) is 0 Å². The second-order valence-corrected chi connectivity index (χ2v) is 8.45. The molecule has 0 aromatic heterocycles. The Bertz CT molecular complexity index is 492. The van der Waals surface area contributed by atoms with Crippen molar-refractivity contribution in [3.63, 3.8) is 0 Å². The van der Waals surface area contributed by atoms with Gasteiger partial charge in [-0.25, -0.2) is 4.57 Å². The van der Waals surface area contributed by atoms with E-state index in [1.807, 2.05) is 13.8 Å². The Morgan fingerprint density at radius 3 is 2.62 bits per heavy atom. The highest BCUT2D eigenvalue weighted by Crippen LogP contribution is 2.57. The van der Waals surface area contributed by atoms with E-state index in [1.54, 1.807) is 13.8 Å². The molecular formula is C15H28NO7P. The van der Waals surface area contributed by atoms with Gasteiger partial charge in [-0.05, 0) is 12.3 Å². The highest BCUT2D eigenvalue weighted by molar-refractivity contribution is 7.48. The van der Waals surface area contributed by atoms with Gasteiger partial charge < -0.3 is 10.1 Å². The molecule has 1 aliphatic heterocycles. The smallest absolute Gasteiger partial charge is 0.469 e. The third-order valence-corrected chi connectivity index (χ3v) is 4.99. The van der Waals surface area contributed by atoms with Gasteiger partial charge in [-0.3, -0.25) is 23.2 Å². The molecule has 1 aliphatic rings.